The van der Waals surface area contributed by atoms with Crippen LogP contribution in [0.3, 0.4) is 0 Å². The van der Waals surface area contributed by atoms with Crippen molar-refractivity contribution < 1.29 is 13.5 Å². The molecule has 5 nitrogen and oxygen atoms in total. The number of alkyl halides is 2. The first-order chi connectivity index (χ1) is 14.2. The summed E-state index contributed by atoms with van der Waals surface area (Å²) in [7, 11) is 1.65. The molecule has 4 rings (SSSR count). The van der Waals surface area contributed by atoms with Crippen molar-refractivity contribution in [2.24, 2.45) is 0 Å². The molecule has 0 bridgehead atoms. The largest absolute Gasteiger partial charge is 0.497 e. The Labute approximate surface area is 168 Å². The third-order valence-electron chi connectivity index (χ3n) is 5.36. The van der Waals surface area contributed by atoms with E-state index in [1.165, 1.54) is 12.8 Å². The lowest BCUT2D eigenvalue weighted by Gasteiger charge is -2.28. The topological polar surface area (TPSA) is 50.3 Å². The highest BCUT2D eigenvalue weighted by Gasteiger charge is 2.24. The van der Waals surface area contributed by atoms with E-state index in [1.807, 2.05) is 24.3 Å². The fraction of sp³-hybridized carbons (Fsp3) is 0.364. The second kappa shape index (κ2) is 8.69. The Balaban J connectivity index is 1.63. The number of aromatic nitrogens is 2. The number of para-hydroxylation sites is 1. The van der Waals surface area contributed by atoms with Gasteiger partial charge in [-0.15, -0.1) is 0 Å². The van der Waals surface area contributed by atoms with Gasteiger partial charge in [-0.2, -0.15) is 0 Å². The Morgan fingerprint density at radius 1 is 1.03 bits per heavy atom. The molecule has 2 heterocycles. The molecule has 1 atom stereocenters. The average molecular weight is 398 g/mol. The van der Waals surface area contributed by atoms with E-state index in [0.29, 0.717) is 17.9 Å². The molecular weight excluding hydrogens is 374 g/mol. The van der Waals surface area contributed by atoms with E-state index in [4.69, 9.17) is 4.74 Å². The van der Waals surface area contributed by atoms with Crippen LogP contribution in [0.5, 0.6) is 5.75 Å². The van der Waals surface area contributed by atoms with Gasteiger partial charge in [-0.3, -0.25) is 4.90 Å². The predicted octanol–water partition coefficient (Wildman–Crippen LogP) is 4.83. The first kappa shape index (κ1) is 19.5. The number of nitrogens with one attached hydrogen (secondary N) is 1. The van der Waals surface area contributed by atoms with Crippen LogP contribution in [0.1, 0.15) is 36.7 Å². The van der Waals surface area contributed by atoms with E-state index in [-0.39, 0.29) is 6.04 Å². The molecule has 0 amide bonds. The normalized spacial score (nSPS) is 15.7. The van der Waals surface area contributed by atoms with Crippen molar-refractivity contribution in [3.8, 4) is 5.75 Å². The van der Waals surface area contributed by atoms with E-state index >= 15 is 0 Å². The highest BCUT2D eigenvalue weighted by molar-refractivity contribution is 5.89. The third kappa shape index (κ3) is 4.29. The number of fused-ring (bicyclic) bond motifs is 1. The molecule has 1 saturated heterocycles. The smallest absolute Gasteiger partial charge is 0.297 e. The highest BCUT2D eigenvalue weighted by atomic mass is 19.3. The van der Waals surface area contributed by atoms with Crippen molar-refractivity contribution in [3.05, 3.63) is 59.9 Å². The maximum atomic E-state index is 13.3. The summed E-state index contributed by atoms with van der Waals surface area (Å²) in [5.74, 6) is 0.808. The van der Waals surface area contributed by atoms with Crippen LogP contribution in [0, 0.1) is 0 Å². The lowest BCUT2D eigenvalue weighted by atomic mass is 10.0. The molecule has 152 valence electrons. The van der Waals surface area contributed by atoms with Gasteiger partial charge in [0.05, 0.1) is 18.7 Å². The first-order valence-corrected chi connectivity index (χ1v) is 9.82. The maximum Gasteiger partial charge on any atom is 0.297 e. The zero-order valence-corrected chi connectivity index (χ0v) is 16.3. The van der Waals surface area contributed by atoms with Gasteiger partial charge in [0.2, 0.25) is 0 Å². The molecule has 1 aliphatic rings. The van der Waals surface area contributed by atoms with Crippen molar-refractivity contribution in [1.82, 2.24) is 14.9 Å². The minimum atomic E-state index is -2.71. The van der Waals surface area contributed by atoms with Crippen molar-refractivity contribution in [2.45, 2.75) is 25.3 Å². The Morgan fingerprint density at radius 2 is 1.76 bits per heavy atom. The summed E-state index contributed by atoms with van der Waals surface area (Å²) in [6.45, 7) is 2.60. The molecule has 29 heavy (non-hydrogen) atoms. The second-order valence-electron chi connectivity index (χ2n) is 7.16. The number of likely N-dealkylation sites (tertiary alicyclic amines) is 1. The number of methoxy groups -OCH3 is 1. The maximum absolute atomic E-state index is 13.3. The van der Waals surface area contributed by atoms with Crippen LogP contribution in [-0.4, -0.2) is 41.6 Å². The fourth-order valence-corrected chi connectivity index (χ4v) is 3.86. The molecule has 1 unspecified atom stereocenters. The van der Waals surface area contributed by atoms with Gasteiger partial charge in [-0.05, 0) is 55.8 Å². The molecule has 0 saturated carbocycles. The van der Waals surface area contributed by atoms with Crippen LogP contribution in [0.25, 0.3) is 10.9 Å². The highest BCUT2D eigenvalue weighted by Crippen LogP contribution is 2.29. The summed E-state index contributed by atoms with van der Waals surface area (Å²) in [6, 6.07) is 15.4. The Hall–Kier alpha value is -2.80. The minimum absolute atomic E-state index is 0.118. The Bertz CT molecular complexity index is 959. The molecule has 1 aliphatic heterocycles. The summed E-state index contributed by atoms with van der Waals surface area (Å²) in [4.78, 5) is 10.5. The number of benzene rings is 2. The van der Waals surface area contributed by atoms with Crippen molar-refractivity contribution in [2.75, 3.05) is 32.1 Å². The fourth-order valence-electron chi connectivity index (χ4n) is 3.86. The first-order valence-electron chi connectivity index (χ1n) is 9.82. The van der Waals surface area contributed by atoms with Crippen LogP contribution in [0.15, 0.2) is 48.5 Å². The number of halogens is 2. The number of rotatable bonds is 7. The van der Waals surface area contributed by atoms with E-state index in [9.17, 15) is 8.78 Å². The van der Waals surface area contributed by atoms with Gasteiger partial charge in [-0.1, -0.05) is 24.3 Å². The molecular formula is C22H24F2N4O. The number of hydrogen-bond donors (Lipinski definition) is 1. The van der Waals surface area contributed by atoms with Crippen molar-refractivity contribution in [1.29, 1.82) is 0 Å². The van der Waals surface area contributed by atoms with Gasteiger partial charge >= 0.3 is 0 Å². The van der Waals surface area contributed by atoms with Crippen molar-refractivity contribution in [3.63, 3.8) is 0 Å². The van der Waals surface area contributed by atoms with E-state index < -0.39 is 12.2 Å². The molecule has 7 heteroatoms. The number of anilines is 1. The molecule has 0 radical (unpaired) electrons. The summed E-state index contributed by atoms with van der Waals surface area (Å²) in [5, 5.41) is 4.07. The summed E-state index contributed by atoms with van der Waals surface area (Å²) in [5.41, 5.74) is 1.68. The molecule has 2 aromatic carbocycles. The predicted molar refractivity (Wildman–Crippen MR) is 110 cm³/mol. The monoisotopic (exact) mass is 398 g/mol. The van der Waals surface area contributed by atoms with Gasteiger partial charge in [0.15, 0.2) is 5.82 Å². The molecule has 1 N–H and O–H groups in total. The SMILES string of the molecule is COc1ccc(C(CNc2nc(C(F)F)nc3ccccc23)N2CCCC2)cc1. The molecule has 1 aromatic heterocycles. The van der Waals surface area contributed by atoms with Crippen LogP contribution in [0.2, 0.25) is 0 Å². The number of ether oxygens (including phenoxy) is 1. The lowest BCUT2D eigenvalue weighted by molar-refractivity contribution is 0.141. The molecule has 3 aromatic rings. The van der Waals surface area contributed by atoms with E-state index in [2.05, 4.69) is 32.3 Å². The number of nitrogens with zero attached hydrogens (tertiary/aromatic N) is 3. The average Bonchev–Trinajstić information content (AvgIpc) is 3.28. The van der Waals surface area contributed by atoms with E-state index in [1.54, 1.807) is 19.2 Å². The number of hydrogen-bond acceptors (Lipinski definition) is 5. The van der Waals surface area contributed by atoms with Gasteiger partial charge in [0, 0.05) is 11.9 Å². The Morgan fingerprint density at radius 3 is 2.45 bits per heavy atom. The lowest BCUT2D eigenvalue weighted by Crippen LogP contribution is -2.31. The van der Waals surface area contributed by atoms with Crippen LogP contribution < -0.4 is 10.1 Å². The molecule has 0 aliphatic carbocycles. The van der Waals surface area contributed by atoms with Crippen LogP contribution in [-0.2, 0) is 0 Å². The van der Waals surface area contributed by atoms with Gasteiger partial charge in [0.25, 0.3) is 6.43 Å². The van der Waals surface area contributed by atoms with E-state index in [0.717, 1.165) is 29.8 Å². The van der Waals surface area contributed by atoms with Gasteiger partial charge in [0.1, 0.15) is 11.6 Å². The van der Waals surface area contributed by atoms with Gasteiger partial charge < -0.3 is 10.1 Å². The summed E-state index contributed by atoms with van der Waals surface area (Å²) >= 11 is 0. The molecule has 0 spiro atoms. The Kier molecular flexibility index (Phi) is 5.85. The summed E-state index contributed by atoms with van der Waals surface area (Å²) < 4.78 is 31.8. The van der Waals surface area contributed by atoms with Crippen LogP contribution in [0.4, 0.5) is 14.6 Å². The quantitative estimate of drug-likeness (QED) is 0.618. The van der Waals surface area contributed by atoms with Gasteiger partial charge in [-0.25, -0.2) is 18.7 Å². The summed E-state index contributed by atoms with van der Waals surface area (Å²) in [6.07, 6.45) is -0.381. The second-order valence-corrected chi connectivity index (χ2v) is 7.16. The zero-order chi connectivity index (χ0) is 20.2. The minimum Gasteiger partial charge on any atom is -0.497 e. The third-order valence-corrected chi connectivity index (χ3v) is 5.36. The molecule has 1 fully saturated rings. The van der Waals surface area contributed by atoms with Crippen LogP contribution >= 0.6 is 0 Å². The zero-order valence-electron chi connectivity index (χ0n) is 16.3. The standard InChI is InChI=1S/C22H24F2N4O/c1-29-16-10-8-15(9-11-16)19(28-12-4-5-13-28)14-25-21-17-6-2-3-7-18(17)26-22(27-21)20(23)24/h2-3,6-11,19-20H,4-5,12-14H2,1H3,(H,25,26,27). The van der Waals surface area contributed by atoms with Crippen molar-refractivity contribution >= 4 is 16.7 Å².